The second-order valence-corrected chi connectivity index (χ2v) is 7.57. The van der Waals surface area contributed by atoms with Crippen molar-refractivity contribution in [2.24, 2.45) is 4.99 Å². The van der Waals surface area contributed by atoms with Gasteiger partial charge in [-0.2, -0.15) is 5.10 Å². The van der Waals surface area contributed by atoms with Crippen LogP contribution in [0.3, 0.4) is 0 Å². The molecule has 0 amide bonds. The predicted molar refractivity (Wildman–Crippen MR) is 112 cm³/mol. The van der Waals surface area contributed by atoms with Crippen molar-refractivity contribution in [1.82, 2.24) is 25.0 Å². The molecule has 0 saturated carbocycles. The standard InChI is InChI=1S/C20H26N6S/c1-14-19(15(2)26(24-14)18-9-7-6-8-10-18)11-22-20(21-4)25(5)12-17-13-27-16(3)23-17/h6-10,13H,11-12H2,1-5H3,(H,21,22). The number of aliphatic imine (C=N–C) groups is 1. The second-order valence-electron chi connectivity index (χ2n) is 6.51. The first-order chi connectivity index (χ1) is 13.0. The summed E-state index contributed by atoms with van der Waals surface area (Å²) in [5, 5.41) is 11.4. The maximum absolute atomic E-state index is 4.71. The van der Waals surface area contributed by atoms with E-state index in [1.165, 1.54) is 5.56 Å². The van der Waals surface area contributed by atoms with E-state index in [2.05, 4.69) is 44.6 Å². The number of nitrogens with one attached hydrogen (secondary N) is 1. The topological polar surface area (TPSA) is 58.3 Å². The zero-order chi connectivity index (χ0) is 19.4. The molecular formula is C20H26N6S. The van der Waals surface area contributed by atoms with Crippen molar-refractivity contribution in [3.05, 3.63) is 63.4 Å². The summed E-state index contributed by atoms with van der Waals surface area (Å²) in [6, 6.07) is 10.2. The molecule has 0 fully saturated rings. The van der Waals surface area contributed by atoms with E-state index in [0.29, 0.717) is 6.54 Å². The van der Waals surface area contributed by atoms with E-state index in [0.717, 1.165) is 40.3 Å². The third-order valence-corrected chi connectivity index (χ3v) is 5.33. The summed E-state index contributed by atoms with van der Waals surface area (Å²) in [6.07, 6.45) is 0. The summed E-state index contributed by atoms with van der Waals surface area (Å²) in [5.41, 5.74) is 5.49. The molecule has 27 heavy (non-hydrogen) atoms. The maximum Gasteiger partial charge on any atom is 0.194 e. The normalized spacial score (nSPS) is 11.7. The number of nitrogens with zero attached hydrogens (tertiary/aromatic N) is 5. The Labute approximate surface area is 164 Å². The van der Waals surface area contributed by atoms with Gasteiger partial charge in [-0.25, -0.2) is 9.67 Å². The van der Waals surface area contributed by atoms with Gasteiger partial charge in [-0.1, -0.05) is 18.2 Å². The molecule has 0 unspecified atom stereocenters. The first-order valence-electron chi connectivity index (χ1n) is 8.93. The van der Waals surface area contributed by atoms with Crippen LogP contribution in [0.1, 0.15) is 27.7 Å². The smallest absolute Gasteiger partial charge is 0.194 e. The fourth-order valence-corrected chi connectivity index (χ4v) is 3.71. The third-order valence-electron chi connectivity index (χ3n) is 4.50. The molecular weight excluding hydrogens is 356 g/mol. The largest absolute Gasteiger partial charge is 0.352 e. The van der Waals surface area contributed by atoms with E-state index in [9.17, 15) is 0 Å². The highest BCUT2D eigenvalue weighted by molar-refractivity contribution is 7.09. The third kappa shape index (κ3) is 4.36. The number of aryl methyl sites for hydroxylation is 2. The first kappa shape index (κ1) is 19.1. The van der Waals surface area contributed by atoms with Crippen molar-refractivity contribution >= 4 is 17.3 Å². The van der Waals surface area contributed by atoms with Crippen LogP contribution < -0.4 is 5.32 Å². The number of rotatable bonds is 5. The van der Waals surface area contributed by atoms with E-state index in [-0.39, 0.29) is 0 Å². The average Bonchev–Trinajstić information content (AvgIpc) is 3.19. The molecule has 0 bridgehead atoms. The number of guanidine groups is 1. The lowest BCUT2D eigenvalue weighted by Crippen LogP contribution is -2.38. The van der Waals surface area contributed by atoms with Crippen molar-refractivity contribution in [1.29, 1.82) is 0 Å². The summed E-state index contributed by atoms with van der Waals surface area (Å²) >= 11 is 1.67. The van der Waals surface area contributed by atoms with Gasteiger partial charge in [-0.3, -0.25) is 4.99 Å². The van der Waals surface area contributed by atoms with Crippen LogP contribution in [0.15, 0.2) is 40.7 Å². The first-order valence-corrected chi connectivity index (χ1v) is 9.81. The Hall–Kier alpha value is -2.67. The van der Waals surface area contributed by atoms with Crippen LogP contribution >= 0.6 is 11.3 Å². The lowest BCUT2D eigenvalue weighted by molar-refractivity contribution is 0.470. The molecule has 3 aromatic rings. The van der Waals surface area contributed by atoms with Gasteiger partial charge in [0.2, 0.25) is 0 Å². The number of aromatic nitrogens is 3. The molecule has 0 aliphatic heterocycles. The van der Waals surface area contributed by atoms with Gasteiger partial charge in [0, 0.05) is 37.3 Å². The molecule has 0 saturated heterocycles. The highest BCUT2D eigenvalue weighted by Gasteiger charge is 2.14. The summed E-state index contributed by atoms with van der Waals surface area (Å²) in [7, 11) is 3.83. The monoisotopic (exact) mass is 382 g/mol. The van der Waals surface area contributed by atoms with E-state index >= 15 is 0 Å². The molecule has 1 aromatic carbocycles. The molecule has 0 aliphatic carbocycles. The van der Waals surface area contributed by atoms with Crippen LogP contribution in [-0.2, 0) is 13.1 Å². The van der Waals surface area contributed by atoms with Crippen LogP contribution in [0.4, 0.5) is 0 Å². The molecule has 142 valence electrons. The zero-order valence-corrected chi connectivity index (χ0v) is 17.3. The summed E-state index contributed by atoms with van der Waals surface area (Å²) in [4.78, 5) is 11.0. The quantitative estimate of drug-likeness (QED) is 0.542. The number of para-hydroxylation sites is 1. The van der Waals surface area contributed by atoms with E-state index in [1.807, 2.05) is 43.8 Å². The van der Waals surface area contributed by atoms with Gasteiger partial charge in [-0.05, 0) is 32.9 Å². The zero-order valence-electron chi connectivity index (χ0n) is 16.5. The van der Waals surface area contributed by atoms with Gasteiger partial charge in [0.15, 0.2) is 5.96 Å². The summed E-state index contributed by atoms with van der Waals surface area (Å²) in [5.74, 6) is 0.840. The van der Waals surface area contributed by atoms with Gasteiger partial charge in [0.1, 0.15) is 0 Å². The highest BCUT2D eigenvalue weighted by Crippen LogP contribution is 2.18. The van der Waals surface area contributed by atoms with Gasteiger partial charge in [0.05, 0.1) is 28.6 Å². The lowest BCUT2D eigenvalue weighted by Gasteiger charge is -2.21. The molecule has 0 aliphatic rings. The number of thiazole rings is 1. The van der Waals surface area contributed by atoms with Crippen LogP contribution in [0, 0.1) is 20.8 Å². The Morgan fingerprint density at radius 3 is 2.59 bits per heavy atom. The Morgan fingerprint density at radius 1 is 1.22 bits per heavy atom. The fraction of sp³-hybridized carbons (Fsp3) is 0.350. The maximum atomic E-state index is 4.71. The molecule has 2 aromatic heterocycles. The van der Waals surface area contributed by atoms with Gasteiger partial charge < -0.3 is 10.2 Å². The van der Waals surface area contributed by atoms with Crippen molar-refractivity contribution in [3.63, 3.8) is 0 Å². The molecule has 0 spiro atoms. The molecule has 0 radical (unpaired) electrons. The van der Waals surface area contributed by atoms with Crippen LogP contribution in [-0.4, -0.2) is 39.7 Å². The van der Waals surface area contributed by atoms with Gasteiger partial charge in [0.25, 0.3) is 0 Å². The molecule has 0 atom stereocenters. The van der Waals surface area contributed by atoms with Gasteiger partial charge in [-0.15, -0.1) is 11.3 Å². The minimum atomic E-state index is 0.678. The Kier molecular flexibility index (Phi) is 5.91. The SMILES string of the molecule is CN=C(NCc1c(C)nn(-c2ccccc2)c1C)N(C)Cc1csc(C)n1. The molecule has 3 rings (SSSR count). The summed E-state index contributed by atoms with van der Waals surface area (Å²) < 4.78 is 2.00. The van der Waals surface area contributed by atoms with Crippen LogP contribution in [0.5, 0.6) is 0 Å². The van der Waals surface area contributed by atoms with E-state index in [1.54, 1.807) is 18.4 Å². The Balaban J connectivity index is 1.71. The van der Waals surface area contributed by atoms with Crippen molar-refractivity contribution in [3.8, 4) is 5.69 Å². The van der Waals surface area contributed by atoms with Crippen molar-refractivity contribution in [2.45, 2.75) is 33.9 Å². The molecule has 7 heteroatoms. The van der Waals surface area contributed by atoms with Crippen molar-refractivity contribution in [2.75, 3.05) is 14.1 Å². The Morgan fingerprint density at radius 2 is 1.96 bits per heavy atom. The van der Waals surface area contributed by atoms with E-state index < -0.39 is 0 Å². The minimum absolute atomic E-state index is 0.678. The molecule has 1 N–H and O–H groups in total. The lowest BCUT2D eigenvalue weighted by atomic mass is 10.2. The van der Waals surface area contributed by atoms with E-state index in [4.69, 9.17) is 5.10 Å². The molecule has 2 heterocycles. The number of benzene rings is 1. The average molecular weight is 383 g/mol. The predicted octanol–water partition coefficient (Wildman–Crippen LogP) is 3.46. The fourth-order valence-electron chi connectivity index (χ4n) is 3.10. The summed E-state index contributed by atoms with van der Waals surface area (Å²) in [6.45, 7) is 7.59. The highest BCUT2D eigenvalue weighted by atomic mass is 32.1. The van der Waals surface area contributed by atoms with Crippen LogP contribution in [0.2, 0.25) is 0 Å². The van der Waals surface area contributed by atoms with Gasteiger partial charge >= 0.3 is 0 Å². The number of hydrogen-bond acceptors (Lipinski definition) is 4. The second kappa shape index (κ2) is 8.35. The number of hydrogen-bond donors (Lipinski definition) is 1. The van der Waals surface area contributed by atoms with Crippen LogP contribution in [0.25, 0.3) is 5.69 Å². The van der Waals surface area contributed by atoms with Crippen molar-refractivity contribution < 1.29 is 0 Å². The minimum Gasteiger partial charge on any atom is -0.352 e. The Bertz CT molecular complexity index is 925. The molecule has 6 nitrogen and oxygen atoms in total.